The topological polar surface area (TPSA) is 69.0 Å². The summed E-state index contributed by atoms with van der Waals surface area (Å²) >= 11 is 1.42. The van der Waals surface area contributed by atoms with Gasteiger partial charge in [-0.05, 0) is 31.5 Å². The fourth-order valence-corrected chi connectivity index (χ4v) is 3.69. The average Bonchev–Trinajstić information content (AvgIpc) is 3.15. The Kier molecular flexibility index (Phi) is 6.71. The molecule has 0 spiro atoms. The van der Waals surface area contributed by atoms with Crippen LogP contribution in [0.2, 0.25) is 0 Å². The quantitative estimate of drug-likeness (QED) is 0.587. The molecule has 0 saturated heterocycles. The Morgan fingerprint density at radius 2 is 1.86 bits per heavy atom. The summed E-state index contributed by atoms with van der Waals surface area (Å²) in [5, 5.41) is 12.1. The number of nitrogens with one attached hydrogen (secondary N) is 1. The maximum Gasteiger partial charge on any atom is 0.233 e. The molecule has 1 amide bonds. The second-order valence-electron chi connectivity index (χ2n) is 6.24. The van der Waals surface area contributed by atoms with Gasteiger partial charge in [0.25, 0.3) is 0 Å². The van der Waals surface area contributed by atoms with Gasteiger partial charge in [0.2, 0.25) is 5.91 Å². The molecule has 0 aliphatic carbocycles. The van der Waals surface area contributed by atoms with Crippen LogP contribution in [0.4, 0.5) is 0 Å². The van der Waals surface area contributed by atoms with Gasteiger partial charge in [-0.1, -0.05) is 54.2 Å². The lowest BCUT2D eigenvalue weighted by atomic mass is 10.2. The summed E-state index contributed by atoms with van der Waals surface area (Å²) in [6.07, 6.45) is 0. The van der Waals surface area contributed by atoms with Crippen molar-refractivity contribution in [2.45, 2.75) is 37.3 Å². The number of aromatic nitrogens is 3. The van der Waals surface area contributed by atoms with Crippen LogP contribution in [0, 0.1) is 0 Å². The lowest BCUT2D eigenvalue weighted by molar-refractivity contribution is -0.120. The number of carbonyl (C=O) groups is 1. The molecule has 0 bridgehead atoms. The highest BCUT2D eigenvalue weighted by Crippen LogP contribution is 2.26. The van der Waals surface area contributed by atoms with Crippen molar-refractivity contribution in [3.05, 3.63) is 60.2 Å². The SMILES string of the molecule is CCn1c(S[C@@H](C)C(=O)NCc2ccc(OC)cc2)nnc1-c1ccccc1. The molecule has 28 heavy (non-hydrogen) atoms. The Bertz CT molecular complexity index is 910. The fourth-order valence-electron chi connectivity index (χ4n) is 2.75. The van der Waals surface area contributed by atoms with E-state index in [9.17, 15) is 4.79 Å². The van der Waals surface area contributed by atoms with Crippen molar-refractivity contribution in [1.82, 2.24) is 20.1 Å². The number of rotatable bonds is 8. The Hall–Kier alpha value is -2.80. The fraction of sp³-hybridized carbons (Fsp3) is 0.286. The molecule has 6 nitrogen and oxygen atoms in total. The summed E-state index contributed by atoms with van der Waals surface area (Å²) < 4.78 is 7.18. The first kappa shape index (κ1) is 19.9. The lowest BCUT2D eigenvalue weighted by Gasteiger charge is -2.13. The molecule has 1 atom stereocenters. The molecular formula is C21H24N4O2S. The number of thioether (sulfide) groups is 1. The van der Waals surface area contributed by atoms with Crippen LogP contribution >= 0.6 is 11.8 Å². The summed E-state index contributed by atoms with van der Waals surface area (Å²) in [5.74, 6) is 1.58. The van der Waals surface area contributed by atoms with E-state index in [0.29, 0.717) is 6.54 Å². The van der Waals surface area contributed by atoms with Crippen LogP contribution < -0.4 is 10.1 Å². The van der Waals surface area contributed by atoms with Gasteiger partial charge in [-0.25, -0.2) is 0 Å². The molecule has 0 aliphatic heterocycles. The third-order valence-electron chi connectivity index (χ3n) is 4.34. The van der Waals surface area contributed by atoms with Gasteiger partial charge < -0.3 is 14.6 Å². The van der Waals surface area contributed by atoms with Gasteiger partial charge in [-0.15, -0.1) is 10.2 Å². The molecule has 1 aromatic heterocycles. The molecule has 1 heterocycles. The number of benzene rings is 2. The number of hydrogen-bond donors (Lipinski definition) is 1. The number of amides is 1. The van der Waals surface area contributed by atoms with Crippen LogP contribution in [0.1, 0.15) is 19.4 Å². The minimum absolute atomic E-state index is 0.0345. The highest BCUT2D eigenvalue weighted by atomic mass is 32.2. The van der Waals surface area contributed by atoms with Gasteiger partial charge >= 0.3 is 0 Å². The molecule has 3 aromatic rings. The Morgan fingerprint density at radius 3 is 2.50 bits per heavy atom. The van der Waals surface area contributed by atoms with Crippen molar-refractivity contribution in [2.75, 3.05) is 7.11 Å². The van der Waals surface area contributed by atoms with Crippen molar-refractivity contribution in [1.29, 1.82) is 0 Å². The second kappa shape index (κ2) is 9.41. The normalized spacial score (nSPS) is 11.8. The van der Waals surface area contributed by atoms with E-state index >= 15 is 0 Å². The first-order valence-electron chi connectivity index (χ1n) is 9.18. The second-order valence-corrected chi connectivity index (χ2v) is 7.55. The van der Waals surface area contributed by atoms with Gasteiger partial charge in [0.1, 0.15) is 5.75 Å². The summed E-state index contributed by atoms with van der Waals surface area (Å²) in [5.41, 5.74) is 2.04. The van der Waals surface area contributed by atoms with Crippen LogP contribution in [0.5, 0.6) is 5.75 Å². The van der Waals surface area contributed by atoms with Crippen molar-refractivity contribution in [2.24, 2.45) is 0 Å². The molecule has 0 saturated carbocycles. The van der Waals surface area contributed by atoms with Crippen LogP contribution in [0.25, 0.3) is 11.4 Å². The van der Waals surface area contributed by atoms with E-state index in [1.807, 2.05) is 73.0 Å². The molecule has 3 rings (SSSR count). The lowest BCUT2D eigenvalue weighted by Crippen LogP contribution is -2.30. The average molecular weight is 397 g/mol. The number of methoxy groups -OCH3 is 1. The molecule has 0 aliphatic rings. The van der Waals surface area contributed by atoms with Crippen LogP contribution in [0.15, 0.2) is 59.8 Å². The smallest absolute Gasteiger partial charge is 0.233 e. The van der Waals surface area contributed by atoms with E-state index in [1.54, 1.807) is 7.11 Å². The van der Waals surface area contributed by atoms with E-state index in [2.05, 4.69) is 15.5 Å². The van der Waals surface area contributed by atoms with Crippen molar-refractivity contribution in [3.8, 4) is 17.1 Å². The van der Waals surface area contributed by atoms with E-state index in [-0.39, 0.29) is 11.2 Å². The number of nitrogens with zero attached hydrogens (tertiary/aromatic N) is 3. The third kappa shape index (κ3) is 4.72. The predicted molar refractivity (Wildman–Crippen MR) is 111 cm³/mol. The number of ether oxygens (including phenoxy) is 1. The van der Waals surface area contributed by atoms with E-state index in [4.69, 9.17) is 4.74 Å². The first-order valence-corrected chi connectivity index (χ1v) is 10.1. The summed E-state index contributed by atoms with van der Waals surface area (Å²) in [7, 11) is 1.63. The largest absolute Gasteiger partial charge is 0.497 e. The van der Waals surface area contributed by atoms with Crippen LogP contribution in [-0.2, 0) is 17.9 Å². The molecule has 1 N–H and O–H groups in total. The molecule has 7 heteroatoms. The standard InChI is InChI=1S/C21H24N4O2S/c1-4-25-19(17-8-6-5-7-9-17)23-24-21(25)28-15(2)20(26)22-14-16-10-12-18(27-3)13-11-16/h5-13,15H,4,14H2,1-3H3,(H,22,26)/t15-/m0/s1. The maximum atomic E-state index is 12.5. The van der Waals surface area contributed by atoms with Gasteiger partial charge in [-0.2, -0.15) is 0 Å². The monoisotopic (exact) mass is 396 g/mol. The maximum absolute atomic E-state index is 12.5. The highest BCUT2D eigenvalue weighted by Gasteiger charge is 2.20. The Labute approximate surface area is 169 Å². The first-order chi connectivity index (χ1) is 13.6. The van der Waals surface area contributed by atoms with E-state index < -0.39 is 0 Å². The molecule has 2 aromatic carbocycles. The Morgan fingerprint density at radius 1 is 1.14 bits per heavy atom. The van der Waals surface area contributed by atoms with Gasteiger partial charge in [-0.3, -0.25) is 4.79 Å². The highest BCUT2D eigenvalue weighted by molar-refractivity contribution is 8.00. The zero-order chi connectivity index (χ0) is 19.9. The predicted octanol–water partition coefficient (Wildman–Crippen LogP) is 3.77. The third-order valence-corrected chi connectivity index (χ3v) is 5.42. The molecule has 0 unspecified atom stereocenters. The number of hydrogen-bond acceptors (Lipinski definition) is 5. The van der Waals surface area contributed by atoms with Crippen molar-refractivity contribution >= 4 is 17.7 Å². The van der Waals surface area contributed by atoms with E-state index in [1.165, 1.54) is 11.8 Å². The summed E-state index contributed by atoms with van der Waals surface area (Å²) in [6, 6.07) is 17.6. The molecule has 146 valence electrons. The number of carbonyl (C=O) groups excluding carboxylic acids is 1. The van der Waals surface area contributed by atoms with Gasteiger partial charge in [0.15, 0.2) is 11.0 Å². The van der Waals surface area contributed by atoms with Crippen LogP contribution in [-0.4, -0.2) is 33.0 Å². The minimum Gasteiger partial charge on any atom is -0.497 e. The van der Waals surface area contributed by atoms with E-state index in [0.717, 1.165) is 34.4 Å². The summed E-state index contributed by atoms with van der Waals surface area (Å²) in [4.78, 5) is 12.5. The van der Waals surface area contributed by atoms with Crippen molar-refractivity contribution < 1.29 is 9.53 Å². The zero-order valence-electron chi connectivity index (χ0n) is 16.3. The molecular weight excluding hydrogens is 372 g/mol. The van der Waals surface area contributed by atoms with Gasteiger partial charge in [0.05, 0.1) is 12.4 Å². The Balaban J connectivity index is 1.62. The zero-order valence-corrected chi connectivity index (χ0v) is 17.1. The molecule has 0 radical (unpaired) electrons. The van der Waals surface area contributed by atoms with Crippen LogP contribution in [0.3, 0.4) is 0 Å². The molecule has 0 fully saturated rings. The minimum atomic E-state index is -0.281. The van der Waals surface area contributed by atoms with Crippen molar-refractivity contribution in [3.63, 3.8) is 0 Å². The van der Waals surface area contributed by atoms with Gasteiger partial charge in [0, 0.05) is 18.7 Å². The summed E-state index contributed by atoms with van der Waals surface area (Å²) in [6.45, 7) is 5.14.